The number of hydrogen-bond acceptors (Lipinski definition) is 4. The molecular formula is C22H31N3O2. The van der Waals surface area contributed by atoms with Gasteiger partial charge < -0.3 is 9.42 Å². The number of aromatic nitrogens is 1. The van der Waals surface area contributed by atoms with Gasteiger partial charge in [-0.3, -0.25) is 9.69 Å². The summed E-state index contributed by atoms with van der Waals surface area (Å²) < 4.78 is 5.28. The molecule has 5 heteroatoms. The van der Waals surface area contributed by atoms with Crippen LogP contribution in [0.4, 0.5) is 0 Å². The largest absolute Gasteiger partial charge is 0.361 e. The molecular weight excluding hydrogens is 338 g/mol. The highest BCUT2D eigenvalue weighted by Crippen LogP contribution is 2.45. The minimum atomic E-state index is 0.249. The van der Waals surface area contributed by atoms with Gasteiger partial charge in [0.25, 0.3) is 0 Å². The molecule has 5 rings (SSSR count). The Hall–Kier alpha value is -1.62. The second-order valence-electron chi connectivity index (χ2n) is 9.07. The van der Waals surface area contributed by atoms with E-state index in [9.17, 15) is 4.79 Å². The molecule has 0 radical (unpaired) electrons. The summed E-state index contributed by atoms with van der Waals surface area (Å²) in [7, 11) is 0. The van der Waals surface area contributed by atoms with Crippen LogP contribution in [0.25, 0.3) is 0 Å². The molecule has 1 amide bonds. The van der Waals surface area contributed by atoms with E-state index in [1.807, 2.05) is 13.8 Å². The third-order valence-electron chi connectivity index (χ3n) is 7.49. The number of rotatable bonds is 2. The number of nitrogens with zero attached hydrogens (tertiary/aromatic N) is 3. The van der Waals surface area contributed by atoms with Crippen molar-refractivity contribution in [2.24, 2.45) is 11.8 Å². The number of amides is 1. The molecule has 0 spiro atoms. The Bertz CT molecular complexity index is 748. The molecule has 146 valence electrons. The van der Waals surface area contributed by atoms with Gasteiger partial charge in [0, 0.05) is 24.7 Å². The summed E-state index contributed by atoms with van der Waals surface area (Å²) in [4.78, 5) is 18.2. The summed E-state index contributed by atoms with van der Waals surface area (Å²) in [5.74, 6) is 2.36. The predicted octanol–water partition coefficient (Wildman–Crippen LogP) is 3.26. The average Bonchev–Trinajstić information content (AvgIpc) is 2.99. The van der Waals surface area contributed by atoms with Crippen molar-refractivity contribution in [2.45, 2.75) is 70.9 Å². The van der Waals surface area contributed by atoms with Crippen molar-refractivity contribution in [3.05, 3.63) is 28.7 Å². The first-order valence-electron chi connectivity index (χ1n) is 10.8. The summed E-state index contributed by atoms with van der Waals surface area (Å²) in [6, 6.07) is 1.09. The lowest BCUT2D eigenvalue weighted by Crippen LogP contribution is -2.60. The molecule has 2 bridgehead atoms. The summed E-state index contributed by atoms with van der Waals surface area (Å²) in [5.41, 5.74) is 3.38. The summed E-state index contributed by atoms with van der Waals surface area (Å²) in [6.45, 7) is 7.17. The van der Waals surface area contributed by atoms with Crippen LogP contribution in [0.2, 0.25) is 0 Å². The highest BCUT2D eigenvalue weighted by Gasteiger charge is 2.46. The van der Waals surface area contributed by atoms with Crippen molar-refractivity contribution >= 4 is 5.91 Å². The predicted molar refractivity (Wildman–Crippen MR) is 103 cm³/mol. The number of fused-ring (bicyclic) bond motifs is 6. The van der Waals surface area contributed by atoms with Crippen LogP contribution in [0.15, 0.2) is 16.2 Å². The molecule has 3 aliphatic heterocycles. The molecule has 1 aliphatic carbocycles. The van der Waals surface area contributed by atoms with Gasteiger partial charge in [-0.1, -0.05) is 23.2 Å². The van der Waals surface area contributed by atoms with Crippen molar-refractivity contribution in [1.29, 1.82) is 0 Å². The van der Waals surface area contributed by atoms with Crippen molar-refractivity contribution in [3.63, 3.8) is 0 Å². The number of aryl methyl sites for hydroxylation is 2. The molecule has 0 unspecified atom stereocenters. The number of carbonyl (C=O) groups is 1. The molecule has 27 heavy (non-hydrogen) atoms. The van der Waals surface area contributed by atoms with E-state index in [2.05, 4.69) is 21.0 Å². The second kappa shape index (κ2) is 6.77. The Morgan fingerprint density at radius 3 is 2.96 bits per heavy atom. The fourth-order valence-electron chi connectivity index (χ4n) is 6.26. The van der Waals surface area contributed by atoms with Crippen molar-refractivity contribution < 1.29 is 9.32 Å². The Kier molecular flexibility index (Phi) is 4.38. The van der Waals surface area contributed by atoms with E-state index >= 15 is 0 Å². The number of hydrogen-bond donors (Lipinski definition) is 0. The summed E-state index contributed by atoms with van der Waals surface area (Å²) >= 11 is 0. The van der Waals surface area contributed by atoms with Crippen molar-refractivity contribution in [1.82, 2.24) is 15.0 Å². The first-order valence-corrected chi connectivity index (χ1v) is 10.8. The molecule has 0 N–H and O–H groups in total. The van der Waals surface area contributed by atoms with Crippen LogP contribution >= 0.6 is 0 Å². The number of likely N-dealkylation sites (tertiary alicyclic amines) is 1. The summed E-state index contributed by atoms with van der Waals surface area (Å²) in [5, 5.41) is 4.03. The summed E-state index contributed by atoms with van der Waals surface area (Å²) in [6.07, 6.45) is 10.6. The SMILES string of the molecule is Cc1noc(C)c1CC(=O)N1CCCC2=C[C@@H]3C[C@H](CN4CCCC[C@@H]34)[C@H]21. The molecule has 4 heterocycles. The number of piperidine rings is 3. The van der Waals surface area contributed by atoms with Crippen molar-refractivity contribution in [2.75, 3.05) is 19.6 Å². The molecule has 4 atom stereocenters. The molecule has 4 aliphatic rings. The van der Waals surface area contributed by atoms with E-state index in [4.69, 9.17) is 4.52 Å². The fraction of sp³-hybridized carbons (Fsp3) is 0.727. The highest BCUT2D eigenvalue weighted by atomic mass is 16.5. The molecule has 0 saturated carbocycles. The third kappa shape index (κ3) is 2.95. The molecule has 1 aromatic rings. The van der Waals surface area contributed by atoms with E-state index in [1.165, 1.54) is 45.2 Å². The van der Waals surface area contributed by atoms with Crippen molar-refractivity contribution in [3.8, 4) is 0 Å². The van der Waals surface area contributed by atoms with Gasteiger partial charge in [-0.25, -0.2) is 0 Å². The van der Waals surface area contributed by atoms with Gasteiger partial charge in [0.1, 0.15) is 5.76 Å². The Morgan fingerprint density at radius 2 is 2.15 bits per heavy atom. The normalized spacial score (nSPS) is 33.3. The first kappa shape index (κ1) is 17.5. The van der Waals surface area contributed by atoms with Crippen LogP contribution in [0.3, 0.4) is 0 Å². The molecule has 3 fully saturated rings. The second-order valence-corrected chi connectivity index (χ2v) is 9.07. The molecule has 0 aromatic carbocycles. The van der Waals surface area contributed by atoms with Gasteiger partial charge in [-0.05, 0) is 64.3 Å². The van der Waals surface area contributed by atoms with Crippen LogP contribution in [-0.2, 0) is 11.2 Å². The van der Waals surface area contributed by atoms with E-state index < -0.39 is 0 Å². The van der Waals surface area contributed by atoms with E-state index in [-0.39, 0.29) is 5.91 Å². The maximum absolute atomic E-state index is 13.3. The molecule has 1 aromatic heterocycles. The number of carbonyl (C=O) groups excluding carboxylic acids is 1. The standard InChI is InChI=1S/C22H31N3O2/c1-14-19(15(2)27-23-14)12-21(26)25-9-5-6-16-10-17-11-18(22(16)25)13-24-8-4-3-7-20(17)24/h10,17-18,20,22H,3-9,11-13H2,1-2H3/t17-,18-,20+,22+/m1/s1. The topological polar surface area (TPSA) is 49.6 Å². The zero-order chi connectivity index (χ0) is 18.5. The Labute approximate surface area is 161 Å². The maximum atomic E-state index is 13.3. The molecule has 5 nitrogen and oxygen atoms in total. The maximum Gasteiger partial charge on any atom is 0.227 e. The zero-order valence-corrected chi connectivity index (χ0v) is 16.6. The monoisotopic (exact) mass is 369 g/mol. The minimum Gasteiger partial charge on any atom is -0.361 e. The molecule has 3 saturated heterocycles. The van der Waals surface area contributed by atoms with Gasteiger partial charge >= 0.3 is 0 Å². The van der Waals surface area contributed by atoms with Crippen LogP contribution in [0.5, 0.6) is 0 Å². The van der Waals surface area contributed by atoms with E-state index in [0.717, 1.165) is 36.0 Å². The zero-order valence-electron chi connectivity index (χ0n) is 16.6. The lowest BCUT2D eigenvalue weighted by Gasteiger charge is -2.54. The van der Waals surface area contributed by atoms with Crippen LogP contribution in [0.1, 0.15) is 55.5 Å². The van der Waals surface area contributed by atoms with Gasteiger partial charge in [-0.15, -0.1) is 0 Å². The smallest absolute Gasteiger partial charge is 0.227 e. The Balaban J connectivity index is 1.40. The highest BCUT2D eigenvalue weighted by molar-refractivity contribution is 5.80. The van der Waals surface area contributed by atoms with Gasteiger partial charge in [-0.2, -0.15) is 0 Å². The first-order chi connectivity index (χ1) is 13.1. The lowest BCUT2D eigenvalue weighted by molar-refractivity contribution is -0.135. The lowest BCUT2D eigenvalue weighted by atomic mass is 9.68. The van der Waals surface area contributed by atoms with Crippen LogP contribution in [0, 0.1) is 25.7 Å². The van der Waals surface area contributed by atoms with E-state index in [1.54, 1.807) is 5.57 Å². The van der Waals surface area contributed by atoms with Crippen LogP contribution < -0.4 is 0 Å². The van der Waals surface area contributed by atoms with Crippen LogP contribution in [-0.4, -0.2) is 52.6 Å². The minimum absolute atomic E-state index is 0.249. The Morgan fingerprint density at radius 1 is 1.26 bits per heavy atom. The quantitative estimate of drug-likeness (QED) is 0.751. The average molecular weight is 370 g/mol. The van der Waals surface area contributed by atoms with E-state index in [0.29, 0.717) is 24.3 Å². The van der Waals surface area contributed by atoms with Gasteiger partial charge in [0.2, 0.25) is 5.91 Å². The fourth-order valence-corrected chi connectivity index (χ4v) is 6.26. The van der Waals surface area contributed by atoms with Gasteiger partial charge in [0.15, 0.2) is 0 Å². The third-order valence-corrected chi connectivity index (χ3v) is 7.49. The van der Waals surface area contributed by atoms with Gasteiger partial charge in [0.05, 0.1) is 18.2 Å².